The van der Waals surface area contributed by atoms with E-state index in [1.54, 1.807) is 13.8 Å². The zero-order valence-corrected chi connectivity index (χ0v) is 44.4. The van der Waals surface area contributed by atoms with Crippen molar-refractivity contribution in [2.24, 2.45) is 11.8 Å². The lowest BCUT2D eigenvalue weighted by Gasteiger charge is -2.18. The third-order valence-electron chi connectivity index (χ3n) is 8.24. The second-order valence-electron chi connectivity index (χ2n) is 14.5. The Morgan fingerprint density at radius 2 is 0.779 bits per heavy atom. The van der Waals surface area contributed by atoms with Gasteiger partial charge in [-0.2, -0.15) is 71.4 Å². The lowest BCUT2D eigenvalue weighted by atomic mass is 10.2. The maximum absolute atomic E-state index is 12.0. The van der Waals surface area contributed by atoms with Crippen molar-refractivity contribution < 1.29 is 102 Å². The highest BCUT2D eigenvalue weighted by molar-refractivity contribution is 8.00. The third kappa shape index (κ3) is 34.7. The molecule has 8 atom stereocenters. The first-order chi connectivity index (χ1) is 32.1. The largest absolute Gasteiger partial charge is 0.469 e. The number of carbonyl (C=O) groups is 2. The summed E-state index contributed by atoms with van der Waals surface area (Å²) in [7, 11) is -9.31. The van der Waals surface area contributed by atoms with Gasteiger partial charge in [-0.3, -0.25) is 18.6 Å². The first-order valence-corrected chi connectivity index (χ1v) is 30.5. The molecule has 0 saturated heterocycles. The standard InChI is InChI=1S/C36H67N3O21P2S6/c1-24(32(46)54-9-11-59-61(48,49)50)17-67-22-30(44)28(42)20-65-14-4-7-57-35-37-34(56-6-3-13-64-19-27(41)26(40)16-63)38-36(39-35)58-8-5-15-66-21-29(43)31(45)23-68-18-25(2)33(47)55-10-12-60-62(51,52)53/h24-31,40-45,63H,3-23H2,1-2H3,(H2,48,49,50)(H2,51,52,53). The van der Waals surface area contributed by atoms with E-state index in [-0.39, 0.29) is 91.3 Å². The minimum absolute atomic E-state index is 0.0348. The van der Waals surface area contributed by atoms with E-state index < -0.39 is 89.3 Å². The van der Waals surface area contributed by atoms with Gasteiger partial charge in [0, 0.05) is 46.0 Å². The zero-order chi connectivity index (χ0) is 51.0. The molecular formula is C36H67N3O21P2S6. The van der Waals surface area contributed by atoms with Gasteiger partial charge in [-0.15, -0.1) is 15.0 Å². The van der Waals surface area contributed by atoms with E-state index in [0.29, 0.717) is 42.3 Å². The number of aromatic nitrogens is 3. The second-order valence-corrected chi connectivity index (χ2v) is 22.9. The molecule has 0 aliphatic heterocycles. The first-order valence-electron chi connectivity index (χ1n) is 21.1. The summed E-state index contributed by atoms with van der Waals surface area (Å²) in [4.78, 5) is 71.5. The summed E-state index contributed by atoms with van der Waals surface area (Å²) >= 11 is 10.7. The molecule has 24 nitrogen and oxygen atoms in total. The van der Waals surface area contributed by atoms with Crippen molar-refractivity contribution in [3.63, 3.8) is 0 Å². The fourth-order valence-corrected chi connectivity index (χ4v) is 10.4. The maximum atomic E-state index is 12.0. The second kappa shape index (κ2) is 38.1. The average Bonchev–Trinajstić information content (AvgIpc) is 3.28. The molecule has 0 amide bonds. The fourth-order valence-electron chi connectivity index (χ4n) is 4.53. The van der Waals surface area contributed by atoms with Crippen molar-refractivity contribution in [3.05, 3.63) is 0 Å². The predicted octanol–water partition coefficient (Wildman–Crippen LogP) is 0.517. The number of aliphatic hydroxyl groups is 6. The van der Waals surface area contributed by atoms with Crippen LogP contribution in [0.3, 0.4) is 0 Å². The Hall–Kier alpha value is -0.570. The van der Waals surface area contributed by atoms with Crippen LogP contribution in [0.15, 0.2) is 0 Å². The van der Waals surface area contributed by atoms with Crippen LogP contribution in [-0.2, 0) is 37.2 Å². The van der Waals surface area contributed by atoms with Gasteiger partial charge in [-0.25, -0.2) is 9.13 Å². The Morgan fingerprint density at radius 3 is 1.07 bits per heavy atom. The Balaban J connectivity index is 2.51. The predicted molar refractivity (Wildman–Crippen MR) is 263 cm³/mol. The van der Waals surface area contributed by atoms with E-state index >= 15 is 0 Å². The van der Waals surface area contributed by atoms with Crippen LogP contribution in [0.1, 0.15) is 33.1 Å². The molecule has 1 aromatic heterocycles. The van der Waals surface area contributed by atoms with Crippen LogP contribution >= 0.6 is 87.1 Å². The smallest absolute Gasteiger partial charge is 0.463 e. The number of nitrogens with zero attached hydrogens (tertiary/aromatic N) is 3. The summed E-state index contributed by atoms with van der Waals surface area (Å²) in [5, 5.41) is 61.2. The highest BCUT2D eigenvalue weighted by atomic mass is 32.2. The highest BCUT2D eigenvalue weighted by Gasteiger charge is 2.23. The zero-order valence-electron chi connectivity index (χ0n) is 37.7. The van der Waals surface area contributed by atoms with Crippen LogP contribution in [0.5, 0.6) is 18.0 Å². The molecular weight excluding hydrogens is 1060 g/mol. The number of phosphoric acid groups is 2. The summed E-state index contributed by atoms with van der Waals surface area (Å²) in [6.07, 6.45) is -4.37. The molecule has 0 aromatic carbocycles. The number of rotatable bonds is 43. The van der Waals surface area contributed by atoms with Gasteiger partial charge in [0.2, 0.25) is 0 Å². The molecule has 32 heteroatoms. The summed E-state index contributed by atoms with van der Waals surface area (Å²) in [5.41, 5.74) is 0. The SMILES string of the molecule is CC(CSCC(O)C(O)CSCCCOc1nc(OCCCSCC(O)C(O)CS)nc(OCCCSCC(O)C(O)CSCC(C)C(=O)OCCOP(=O)(O)O)n1)C(=O)OCCOP(=O)(O)O. The molecule has 8 unspecified atom stereocenters. The van der Waals surface area contributed by atoms with Crippen molar-refractivity contribution in [1.29, 1.82) is 0 Å². The number of thiol groups is 1. The minimum atomic E-state index is -4.65. The normalized spacial score (nSPS) is 15.7. The number of esters is 2. The number of aliphatic hydroxyl groups excluding tert-OH is 6. The van der Waals surface area contributed by atoms with E-state index in [2.05, 4.69) is 36.6 Å². The molecule has 0 spiro atoms. The summed E-state index contributed by atoms with van der Waals surface area (Å²) < 4.78 is 56.9. The molecule has 0 aliphatic carbocycles. The van der Waals surface area contributed by atoms with Crippen molar-refractivity contribution >= 4 is 99.0 Å². The summed E-state index contributed by atoms with van der Waals surface area (Å²) in [6.45, 7) is 2.26. The first kappa shape index (κ1) is 65.4. The Kier molecular flexibility index (Phi) is 36.6. The van der Waals surface area contributed by atoms with Gasteiger partial charge in [-0.05, 0) is 36.5 Å². The van der Waals surface area contributed by atoms with Crippen LogP contribution in [0.2, 0.25) is 0 Å². The van der Waals surface area contributed by atoms with E-state index in [1.807, 2.05) is 0 Å². The quantitative estimate of drug-likeness (QED) is 0.0184. The number of thioether (sulfide) groups is 5. The molecule has 398 valence electrons. The van der Waals surface area contributed by atoms with Gasteiger partial charge >= 0.3 is 45.6 Å². The van der Waals surface area contributed by atoms with Gasteiger partial charge in [0.1, 0.15) is 13.2 Å². The molecule has 10 N–H and O–H groups in total. The van der Waals surface area contributed by atoms with Crippen molar-refractivity contribution in [2.45, 2.75) is 69.7 Å². The monoisotopic (exact) mass is 1130 g/mol. The van der Waals surface area contributed by atoms with Crippen LogP contribution in [0.4, 0.5) is 0 Å². The minimum Gasteiger partial charge on any atom is -0.463 e. The molecule has 68 heavy (non-hydrogen) atoms. The van der Waals surface area contributed by atoms with Crippen molar-refractivity contribution in [1.82, 2.24) is 15.0 Å². The van der Waals surface area contributed by atoms with Gasteiger partial charge in [0.15, 0.2) is 0 Å². The lowest BCUT2D eigenvalue weighted by molar-refractivity contribution is -0.148. The van der Waals surface area contributed by atoms with E-state index in [4.69, 9.17) is 43.3 Å². The molecule has 0 saturated carbocycles. The Bertz CT molecular complexity index is 1520. The third-order valence-corrected chi connectivity index (χ3v) is 15.7. The Labute approximate surface area is 422 Å². The number of carbonyl (C=O) groups excluding carboxylic acids is 2. The lowest BCUT2D eigenvalue weighted by Crippen LogP contribution is -2.31. The van der Waals surface area contributed by atoms with Crippen molar-refractivity contribution in [2.75, 3.05) is 110 Å². The van der Waals surface area contributed by atoms with E-state index in [1.165, 1.54) is 58.8 Å². The molecule has 1 heterocycles. The molecule has 0 bridgehead atoms. The highest BCUT2D eigenvalue weighted by Crippen LogP contribution is 2.36. The number of hydrogen-bond donors (Lipinski definition) is 11. The summed E-state index contributed by atoms with van der Waals surface area (Å²) in [6, 6.07) is -0.124. The number of hydrogen-bond acceptors (Lipinski definition) is 26. The van der Waals surface area contributed by atoms with E-state index in [9.17, 15) is 49.4 Å². The number of phosphoric ester groups is 2. The molecule has 1 aromatic rings. The summed E-state index contributed by atoms with van der Waals surface area (Å²) in [5.74, 6) is 1.25. The number of ether oxygens (including phenoxy) is 5. The van der Waals surface area contributed by atoms with Crippen LogP contribution in [0.25, 0.3) is 0 Å². The molecule has 0 radical (unpaired) electrons. The Morgan fingerprint density at radius 1 is 0.485 bits per heavy atom. The van der Waals surface area contributed by atoms with Gasteiger partial charge < -0.3 is 73.9 Å². The van der Waals surface area contributed by atoms with Crippen molar-refractivity contribution in [3.8, 4) is 18.0 Å². The van der Waals surface area contributed by atoms with Gasteiger partial charge in [0.05, 0.1) is 81.5 Å². The van der Waals surface area contributed by atoms with Gasteiger partial charge in [0.25, 0.3) is 0 Å². The fraction of sp³-hybridized carbons (Fsp3) is 0.861. The average molecular weight is 1130 g/mol. The molecule has 0 fully saturated rings. The van der Waals surface area contributed by atoms with Crippen LogP contribution in [-0.4, -0.2) is 223 Å². The van der Waals surface area contributed by atoms with E-state index in [0.717, 1.165) is 0 Å². The maximum Gasteiger partial charge on any atom is 0.469 e. The molecule has 1 rings (SSSR count). The molecule has 0 aliphatic rings. The van der Waals surface area contributed by atoms with Crippen LogP contribution < -0.4 is 14.2 Å². The van der Waals surface area contributed by atoms with Gasteiger partial charge in [-0.1, -0.05) is 13.8 Å². The van der Waals surface area contributed by atoms with Crippen LogP contribution in [0, 0.1) is 11.8 Å². The topological polar surface area (TPSA) is 374 Å².